The minimum absolute atomic E-state index is 0.0270. The Morgan fingerprint density at radius 2 is 1.81 bits per heavy atom. The maximum Gasteiger partial charge on any atom is 0.251 e. The van der Waals surface area contributed by atoms with E-state index in [0.717, 1.165) is 49.9 Å². The van der Waals surface area contributed by atoms with Crippen LogP contribution in [0, 0.1) is 6.92 Å². The molecule has 0 radical (unpaired) electrons. The zero-order chi connectivity index (χ0) is 22.7. The molecule has 1 aliphatic carbocycles. The number of halogens is 1. The molecule has 1 aliphatic heterocycles. The molecule has 1 saturated heterocycles. The Morgan fingerprint density at radius 3 is 2.47 bits per heavy atom. The third kappa shape index (κ3) is 5.31. The van der Waals surface area contributed by atoms with E-state index >= 15 is 0 Å². The van der Waals surface area contributed by atoms with Gasteiger partial charge in [0.2, 0.25) is 5.91 Å². The van der Waals surface area contributed by atoms with Crippen molar-refractivity contribution < 1.29 is 14.7 Å². The maximum absolute atomic E-state index is 12.2. The van der Waals surface area contributed by atoms with Gasteiger partial charge >= 0.3 is 0 Å². The first-order valence-corrected chi connectivity index (χ1v) is 11.6. The second-order valence-electron chi connectivity index (χ2n) is 9.04. The first-order valence-electron chi connectivity index (χ1n) is 11.2. The predicted octanol–water partition coefficient (Wildman–Crippen LogP) is 3.01. The monoisotopic (exact) mass is 455 g/mol. The molecule has 3 N–H and O–H groups in total. The largest absolute Gasteiger partial charge is 0.385 e. The van der Waals surface area contributed by atoms with Gasteiger partial charge in [-0.2, -0.15) is 0 Å². The molecule has 0 atom stereocenters. The summed E-state index contributed by atoms with van der Waals surface area (Å²) >= 11 is 5.97. The van der Waals surface area contributed by atoms with E-state index in [-0.39, 0.29) is 24.4 Å². The fourth-order valence-corrected chi connectivity index (χ4v) is 4.85. The predicted molar refractivity (Wildman–Crippen MR) is 125 cm³/mol. The van der Waals surface area contributed by atoms with Gasteiger partial charge in [0, 0.05) is 29.7 Å². The summed E-state index contributed by atoms with van der Waals surface area (Å²) in [6, 6.07) is 15.3. The number of benzene rings is 2. The fourth-order valence-electron chi connectivity index (χ4n) is 4.72. The lowest BCUT2D eigenvalue weighted by Crippen LogP contribution is -2.63. The molecule has 2 aromatic carbocycles. The molecule has 2 aromatic rings. The van der Waals surface area contributed by atoms with Crippen LogP contribution in [-0.2, 0) is 10.4 Å². The van der Waals surface area contributed by atoms with Gasteiger partial charge in [-0.1, -0.05) is 41.4 Å². The van der Waals surface area contributed by atoms with E-state index in [4.69, 9.17) is 11.6 Å². The topological polar surface area (TPSA) is 81.7 Å². The summed E-state index contributed by atoms with van der Waals surface area (Å²) in [5, 5.41) is 17.4. The van der Waals surface area contributed by atoms with Crippen molar-refractivity contribution >= 4 is 23.4 Å². The van der Waals surface area contributed by atoms with Crippen LogP contribution in [0.15, 0.2) is 48.5 Å². The van der Waals surface area contributed by atoms with E-state index < -0.39 is 5.60 Å². The van der Waals surface area contributed by atoms with Crippen molar-refractivity contribution in [2.75, 3.05) is 19.6 Å². The van der Waals surface area contributed by atoms with Crippen LogP contribution in [0.2, 0.25) is 5.02 Å². The van der Waals surface area contributed by atoms with Crippen LogP contribution in [0.3, 0.4) is 0 Å². The van der Waals surface area contributed by atoms with Gasteiger partial charge in [-0.25, -0.2) is 0 Å². The Bertz CT molecular complexity index is 965. The zero-order valence-electron chi connectivity index (χ0n) is 18.3. The summed E-state index contributed by atoms with van der Waals surface area (Å²) in [7, 11) is 0. The maximum atomic E-state index is 12.2. The minimum Gasteiger partial charge on any atom is -0.385 e. The van der Waals surface area contributed by atoms with Crippen LogP contribution in [0.4, 0.5) is 0 Å². The van der Waals surface area contributed by atoms with Gasteiger partial charge in [0.25, 0.3) is 5.91 Å². The lowest BCUT2D eigenvalue weighted by atomic mass is 9.76. The van der Waals surface area contributed by atoms with Crippen molar-refractivity contribution in [3.63, 3.8) is 0 Å². The molecule has 1 heterocycles. The van der Waals surface area contributed by atoms with Crippen LogP contribution >= 0.6 is 11.6 Å². The second kappa shape index (κ2) is 9.61. The molecular formula is C25H30ClN3O3. The zero-order valence-corrected chi connectivity index (χ0v) is 19.1. The average molecular weight is 456 g/mol. The Morgan fingerprint density at radius 1 is 1.12 bits per heavy atom. The molecule has 170 valence electrons. The van der Waals surface area contributed by atoms with Gasteiger partial charge in [0.15, 0.2) is 0 Å². The van der Waals surface area contributed by atoms with Crippen LogP contribution in [0.1, 0.15) is 47.2 Å². The number of carbonyl (C=O) groups excluding carboxylic acids is 2. The summed E-state index contributed by atoms with van der Waals surface area (Å²) in [5.41, 5.74) is 1.71. The number of aliphatic hydroxyl groups is 1. The molecule has 0 aromatic heterocycles. The molecular weight excluding hydrogens is 426 g/mol. The van der Waals surface area contributed by atoms with Crippen LogP contribution in [-0.4, -0.2) is 53.5 Å². The van der Waals surface area contributed by atoms with Crippen molar-refractivity contribution in [1.29, 1.82) is 0 Å². The van der Waals surface area contributed by atoms with Crippen molar-refractivity contribution in [3.8, 4) is 0 Å². The fraction of sp³-hybridized carbons (Fsp3) is 0.440. The molecule has 0 unspecified atom stereocenters. The summed E-state index contributed by atoms with van der Waals surface area (Å²) in [6.07, 6.45) is 3.29. The van der Waals surface area contributed by atoms with Crippen molar-refractivity contribution in [1.82, 2.24) is 15.5 Å². The van der Waals surface area contributed by atoms with E-state index in [9.17, 15) is 14.7 Å². The van der Waals surface area contributed by atoms with E-state index in [1.54, 1.807) is 12.1 Å². The number of amides is 2. The minimum atomic E-state index is -0.783. The molecule has 0 bridgehead atoms. The Balaban J connectivity index is 1.17. The highest BCUT2D eigenvalue weighted by Gasteiger charge is 2.40. The van der Waals surface area contributed by atoms with E-state index in [0.29, 0.717) is 16.6 Å². The highest BCUT2D eigenvalue weighted by atomic mass is 35.5. The first kappa shape index (κ1) is 22.8. The third-order valence-corrected chi connectivity index (χ3v) is 6.90. The number of hydrogen-bond donors (Lipinski definition) is 3. The quantitative estimate of drug-likeness (QED) is 0.625. The van der Waals surface area contributed by atoms with Crippen LogP contribution < -0.4 is 10.6 Å². The first-order chi connectivity index (χ1) is 15.3. The summed E-state index contributed by atoms with van der Waals surface area (Å²) in [4.78, 5) is 26.8. The Labute approximate surface area is 194 Å². The Kier molecular flexibility index (Phi) is 6.84. The van der Waals surface area contributed by atoms with Crippen LogP contribution in [0.25, 0.3) is 0 Å². The summed E-state index contributed by atoms with van der Waals surface area (Å²) in [6.45, 7) is 3.51. The van der Waals surface area contributed by atoms with E-state index in [2.05, 4.69) is 15.5 Å². The van der Waals surface area contributed by atoms with Gasteiger partial charge in [0.05, 0.1) is 18.2 Å². The smallest absolute Gasteiger partial charge is 0.251 e. The van der Waals surface area contributed by atoms with Crippen molar-refractivity contribution in [2.24, 2.45) is 0 Å². The molecule has 0 spiro atoms. The van der Waals surface area contributed by atoms with Crippen LogP contribution in [0.5, 0.6) is 0 Å². The van der Waals surface area contributed by atoms with Gasteiger partial charge in [-0.3, -0.25) is 14.5 Å². The standard InChI is InChI=1S/C25H30ClN3O3/c1-17-3-2-4-18(13-17)24(31)27-14-23(30)28-21-15-29(16-21)22-9-11-25(32,12-10-22)19-5-7-20(26)8-6-19/h2-8,13,21-22,32H,9-12,14-16H2,1H3,(H,27,31)(H,28,30). The number of nitrogens with one attached hydrogen (secondary N) is 2. The number of hydrogen-bond acceptors (Lipinski definition) is 4. The number of aryl methyl sites for hydroxylation is 1. The van der Waals surface area contributed by atoms with Crippen molar-refractivity contribution in [2.45, 2.75) is 50.3 Å². The van der Waals surface area contributed by atoms with Gasteiger partial charge in [-0.15, -0.1) is 0 Å². The Hall–Kier alpha value is -2.41. The number of rotatable bonds is 6. The highest BCUT2D eigenvalue weighted by Crippen LogP contribution is 2.39. The molecule has 4 rings (SSSR count). The normalized spacial score (nSPS) is 23.9. The molecule has 32 heavy (non-hydrogen) atoms. The number of nitrogens with zero attached hydrogens (tertiary/aromatic N) is 1. The third-order valence-electron chi connectivity index (χ3n) is 6.64. The molecule has 7 heteroatoms. The number of carbonyl (C=O) groups is 2. The van der Waals surface area contributed by atoms with Gasteiger partial charge in [0.1, 0.15) is 0 Å². The SMILES string of the molecule is Cc1cccc(C(=O)NCC(=O)NC2CN(C3CCC(O)(c4ccc(Cl)cc4)CC3)C2)c1. The van der Waals surface area contributed by atoms with Gasteiger partial charge < -0.3 is 15.7 Å². The molecule has 6 nitrogen and oxygen atoms in total. The molecule has 1 saturated carbocycles. The lowest BCUT2D eigenvalue weighted by Gasteiger charge is -2.48. The summed E-state index contributed by atoms with van der Waals surface area (Å²) < 4.78 is 0. The molecule has 2 amide bonds. The van der Waals surface area contributed by atoms with E-state index in [1.807, 2.05) is 43.3 Å². The average Bonchev–Trinajstić information content (AvgIpc) is 2.75. The second-order valence-corrected chi connectivity index (χ2v) is 9.48. The lowest BCUT2D eigenvalue weighted by molar-refractivity contribution is -0.122. The summed E-state index contributed by atoms with van der Waals surface area (Å²) in [5.74, 6) is -0.411. The van der Waals surface area contributed by atoms with E-state index in [1.165, 1.54) is 0 Å². The number of likely N-dealkylation sites (tertiary alicyclic amines) is 1. The highest BCUT2D eigenvalue weighted by molar-refractivity contribution is 6.30. The molecule has 2 aliphatic rings. The van der Waals surface area contributed by atoms with Crippen molar-refractivity contribution in [3.05, 3.63) is 70.2 Å². The molecule has 2 fully saturated rings. The van der Waals surface area contributed by atoms with Gasteiger partial charge in [-0.05, 0) is 62.4 Å².